The number of anilines is 1. The predicted octanol–water partition coefficient (Wildman–Crippen LogP) is 3.74. The Balaban J connectivity index is 1.98. The molecule has 5 nitrogen and oxygen atoms in total. The molecule has 0 unspecified atom stereocenters. The average molecular weight is 430 g/mol. The summed E-state index contributed by atoms with van der Waals surface area (Å²) in [6, 6.07) is 24.0. The molecule has 0 aliphatic heterocycles. The fourth-order valence-electron chi connectivity index (χ4n) is 3.20. The van der Waals surface area contributed by atoms with Crippen LogP contribution in [0, 0.1) is 0 Å². The number of hydrogen-bond acceptors (Lipinski definition) is 5. The van der Waals surface area contributed by atoms with Gasteiger partial charge in [0.2, 0.25) is 0 Å². The first kappa shape index (κ1) is 21.1. The lowest BCUT2D eigenvalue weighted by Gasteiger charge is -2.21. The van der Waals surface area contributed by atoms with Crippen LogP contribution in [0.2, 0.25) is 0 Å². The van der Waals surface area contributed by atoms with Crippen molar-refractivity contribution in [2.45, 2.75) is 15.7 Å². The van der Waals surface area contributed by atoms with E-state index < -0.39 is 19.7 Å². The molecular formula is C22H23NO4S2. The Morgan fingerprint density at radius 3 is 1.69 bits per heavy atom. The van der Waals surface area contributed by atoms with Crippen molar-refractivity contribution >= 4 is 25.4 Å². The molecule has 7 heteroatoms. The van der Waals surface area contributed by atoms with Gasteiger partial charge in [0.1, 0.15) is 0 Å². The highest BCUT2D eigenvalue weighted by molar-refractivity contribution is 7.91. The second-order valence-corrected chi connectivity index (χ2v) is 11.0. The molecule has 0 amide bonds. The van der Waals surface area contributed by atoms with Crippen molar-refractivity contribution in [2.24, 2.45) is 0 Å². The molecule has 0 atom stereocenters. The molecule has 0 fully saturated rings. The maximum absolute atomic E-state index is 12.3. The molecule has 0 aliphatic rings. The van der Waals surface area contributed by atoms with Crippen molar-refractivity contribution in [1.82, 2.24) is 0 Å². The zero-order chi connectivity index (χ0) is 21.1. The Hall–Kier alpha value is -2.64. The van der Waals surface area contributed by atoms with Crippen molar-refractivity contribution in [2.75, 3.05) is 24.4 Å². The Morgan fingerprint density at radius 2 is 1.24 bits per heavy atom. The van der Waals surface area contributed by atoms with Gasteiger partial charge < -0.3 is 5.32 Å². The summed E-state index contributed by atoms with van der Waals surface area (Å²) in [6.07, 6.45) is 2.13. The summed E-state index contributed by atoms with van der Waals surface area (Å²) in [7, 11) is -7.13. The summed E-state index contributed by atoms with van der Waals surface area (Å²) in [5.74, 6) is -0.000561. The topological polar surface area (TPSA) is 80.3 Å². The first-order chi connectivity index (χ1) is 13.7. The van der Waals surface area contributed by atoms with E-state index in [0.717, 1.165) is 23.6 Å². The van der Waals surface area contributed by atoms with Gasteiger partial charge in [-0.2, -0.15) is 0 Å². The van der Waals surface area contributed by atoms with Gasteiger partial charge in [-0.1, -0.05) is 60.7 Å². The normalized spacial score (nSPS) is 12.1. The quantitative estimate of drug-likeness (QED) is 0.619. The predicted molar refractivity (Wildman–Crippen MR) is 116 cm³/mol. The van der Waals surface area contributed by atoms with Crippen molar-refractivity contribution in [3.05, 3.63) is 90.0 Å². The number of benzene rings is 3. The zero-order valence-electron chi connectivity index (χ0n) is 16.2. The van der Waals surface area contributed by atoms with E-state index in [4.69, 9.17) is 0 Å². The molecule has 0 radical (unpaired) electrons. The smallest absolute Gasteiger partial charge is 0.177 e. The van der Waals surface area contributed by atoms with Gasteiger partial charge in [0.05, 0.1) is 15.5 Å². The average Bonchev–Trinajstić information content (AvgIpc) is 2.68. The molecule has 0 saturated carbocycles. The van der Waals surface area contributed by atoms with Crippen LogP contribution in [-0.2, 0) is 19.7 Å². The van der Waals surface area contributed by atoms with Gasteiger partial charge in [-0.3, -0.25) is 0 Å². The molecule has 0 saturated heterocycles. The standard InChI is InChI=1S/C22H23NO4S2/c1-28(24,25)19-13-14-21(22(15-19)29(2,26)27)23-16-20(17-9-5-3-6-10-17)18-11-7-4-8-12-18/h3-15,20,23H,16H2,1-2H3. The fraction of sp³-hybridized carbons (Fsp3) is 0.182. The van der Waals surface area contributed by atoms with Crippen molar-refractivity contribution < 1.29 is 16.8 Å². The first-order valence-corrected chi connectivity index (χ1v) is 12.8. The molecule has 0 heterocycles. The minimum atomic E-state index is -3.62. The molecule has 29 heavy (non-hydrogen) atoms. The van der Waals surface area contributed by atoms with Crippen LogP contribution in [0.1, 0.15) is 17.0 Å². The van der Waals surface area contributed by atoms with Gasteiger partial charge in [-0.15, -0.1) is 0 Å². The van der Waals surface area contributed by atoms with Crippen LogP contribution in [0.5, 0.6) is 0 Å². The van der Waals surface area contributed by atoms with Crippen LogP contribution in [-0.4, -0.2) is 35.9 Å². The molecule has 3 aromatic rings. The largest absolute Gasteiger partial charge is 0.383 e. The second kappa shape index (κ2) is 8.39. The molecular weight excluding hydrogens is 406 g/mol. The molecule has 0 spiro atoms. The highest BCUT2D eigenvalue weighted by Gasteiger charge is 2.20. The van der Waals surface area contributed by atoms with E-state index in [1.807, 2.05) is 60.7 Å². The van der Waals surface area contributed by atoms with E-state index in [2.05, 4.69) is 5.32 Å². The summed E-state index contributed by atoms with van der Waals surface area (Å²) in [5.41, 5.74) is 2.58. The molecule has 0 bridgehead atoms. The number of sulfone groups is 2. The van der Waals surface area contributed by atoms with Crippen LogP contribution in [0.3, 0.4) is 0 Å². The van der Waals surface area contributed by atoms with Gasteiger partial charge >= 0.3 is 0 Å². The van der Waals surface area contributed by atoms with Crippen molar-refractivity contribution in [3.63, 3.8) is 0 Å². The van der Waals surface area contributed by atoms with Gasteiger partial charge in [0.25, 0.3) is 0 Å². The molecule has 0 aliphatic carbocycles. The fourth-order valence-corrected chi connectivity index (χ4v) is 4.80. The maximum Gasteiger partial charge on any atom is 0.177 e. The highest BCUT2D eigenvalue weighted by atomic mass is 32.2. The van der Waals surface area contributed by atoms with E-state index in [0.29, 0.717) is 12.2 Å². The van der Waals surface area contributed by atoms with Crippen LogP contribution in [0.15, 0.2) is 88.7 Å². The summed E-state index contributed by atoms with van der Waals surface area (Å²) >= 11 is 0. The Morgan fingerprint density at radius 1 is 0.724 bits per heavy atom. The monoisotopic (exact) mass is 429 g/mol. The van der Waals surface area contributed by atoms with Gasteiger partial charge in [-0.25, -0.2) is 16.8 Å². The molecule has 0 aromatic heterocycles. The first-order valence-electron chi connectivity index (χ1n) is 9.04. The minimum Gasteiger partial charge on any atom is -0.383 e. The number of rotatable bonds is 7. The lowest BCUT2D eigenvalue weighted by molar-refractivity contribution is 0.600. The third-order valence-corrected chi connectivity index (χ3v) is 6.93. The van der Waals surface area contributed by atoms with Crippen LogP contribution < -0.4 is 5.32 Å². The molecule has 3 aromatic carbocycles. The highest BCUT2D eigenvalue weighted by Crippen LogP contribution is 2.29. The van der Waals surface area contributed by atoms with Gasteiger partial charge in [-0.05, 0) is 29.3 Å². The Labute approximate surface area is 172 Å². The summed E-state index contributed by atoms with van der Waals surface area (Å²) < 4.78 is 48.3. The van der Waals surface area contributed by atoms with E-state index in [9.17, 15) is 16.8 Å². The lowest BCUT2D eigenvalue weighted by atomic mass is 9.91. The van der Waals surface area contributed by atoms with E-state index >= 15 is 0 Å². The minimum absolute atomic E-state index is 0.000561. The van der Waals surface area contributed by atoms with Crippen molar-refractivity contribution in [3.8, 4) is 0 Å². The SMILES string of the molecule is CS(=O)(=O)c1ccc(NCC(c2ccccc2)c2ccccc2)c(S(C)(=O)=O)c1. The van der Waals surface area contributed by atoms with Gasteiger partial charge in [0, 0.05) is 25.0 Å². The zero-order valence-corrected chi connectivity index (χ0v) is 17.9. The van der Waals surface area contributed by atoms with E-state index in [1.54, 1.807) is 0 Å². The summed E-state index contributed by atoms with van der Waals surface area (Å²) in [4.78, 5) is -0.0496. The summed E-state index contributed by atoms with van der Waals surface area (Å²) in [5, 5.41) is 3.22. The maximum atomic E-state index is 12.3. The van der Waals surface area contributed by atoms with Crippen LogP contribution in [0.25, 0.3) is 0 Å². The van der Waals surface area contributed by atoms with Crippen LogP contribution >= 0.6 is 0 Å². The third kappa shape index (κ3) is 5.25. The molecule has 1 N–H and O–H groups in total. The Kier molecular flexibility index (Phi) is 6.10. The van der Waals surface area contributed by atoms with E-state index in [1.165, 1.54) is 18.2 Å². The Bertz CT molecular complexity index is 1150. The van der Waals surface area contributed by atoms with Crippen molar-refractivity contribution in [1.29, 1.82) is 0 Å². The lowest BCUT2D eigenvalue weighted by Crippen LogP contribution is -2.16. The molecule has 3 rings (SSSR count). The number of hydrogen-bond donors (Lipinski definition) is 1. The number of nitrogens with one attached hydrogen (secondary N) is 1. The third-order valence-electron chi connectivity index (χ3n) is 4.68. The second-order valence-electron chi connectivity index (χ2n) is 6.96. The summed E-state index contributed by atoms with van der Waals surface area (Å²) in [6.45, 7) is 0.453. The molecule has 152 valence electrons. The van der Waals surface area contributed by atoms with Crippen LogP contribution in [0.4, 0.5) is 5.69 Å². The van der Waals surface area contributed by atoms with E-state index in [-0.39, 0.29) is 15.7 Å². The van der Waals surface area contributed by atoms with Gasteiger partial charge in [0.15, 0.2) is 19.7 Å².